The van der Waals surface area contributed by atoms with E-state index in [1.807, 2.05) is 0 Å². The van der Waals surface area contributed by atoms with Gasteiger partial charge in [-0.25, -0.2) is 0 Å². The molecule has 3 heterocycles. The van der Waals surface area contributed by atoms with Gasteiger partial charge < -0.3 is 19.5 Å². The first-order valence-electron chi connectivity index (χ1n) is 7.15. The second kappa shape index (κ2) is 4.69. The van der Waals surface area contributed by atoms with E-state index in [9.17, 15) is 0 Å². The zero-order valence-electron chi connectivity index (χ0n) is 11.0. The topological polar surface area (TPSA) is 39.7 Å². The molecule has 0 bridgehead atoms. The summed E-state index contributed by atoms with van der Waals surface area (Å²) in [4.78, 5) is 0. The zero-order valence-corrected chi connectivity index (χ0v) is 11.0. The Bertz CT molecular complexity index is 483. The summed E-state index contributed by atoms with van der Waals surface area (Å²) in [6.45, 7) is 4.10. The van der Waals surface area contributed by atoms with Crippen LogP contribution in [0.4, 0.5) is 0 Å². The third kappa shape index (κ3) is 1.99. The highest BCUT2D eigenvalue weighted by Gasteiger charge is 2.31. The molecule has 4 nitrogen and oxygen atoms in total. The maximum absolute atomic E-state index is 5.72. The van der Waals surface area contributed by atoms with Crippen LogP contribution in [0.15, 0.2) is 12.1 Å². The van der Waals surface area contributed by atoms with Crippen LogP contribution in [0, 0.1) is 5.92 Å². The van der Waals surface area contributed by atoms with Crippen molar-refractivity contribution in [3.8, 4) is 11.5 Å². The average molecular weight is 261 g/mol. The van der Waals surface area contributed by atoms with Gasteiger partial charge in [-0.3, -0.25) is 0 Å². The molecule has 0 saturated carbocycles. The molecule has 0 amide bonds. The van der Waals surface area contributed by atoms with Gasteiger partial charge in [0.2, 0.25) is 0 Å². The molecule has 19 heavy (non-hydrogen) atoms. The standard InChI is InChI=1S/C15H19NO3/c1-3-16-15(11-2-4-17-9-11)12-8-14-13(7-10(1)12)18-5-6-19-14/h7-8,11,15-16H,1-6,9H2. The summed E-state index contributed by atoms with van der Waals surface area (Å²) in [6, 6.07) is 4.76. The van der Waals surface area contributed by atoms with Crippen molar-refractivity contribution in [2.24, 2.45) is 5.92 Å². The normalized spacial score (nSPS) is 29.1. The minimum atomic E-state index is 0.405. The zero-order chi connectivity index (χ0) is 12.7. The van der Waals surface area contributed by atoms with Crippen molar-refractivity contribution in [2.75, 3.05) is 33.0 Å². The smallest absolute Gasteiger partial charge is 0.161 e. The number of benzene rings is 1. The molecular weight excluding hydrogens is 242 g/mol. The number of ether oxygens (including phenoxy) is 3. The summed E-state index contributed by atoms with van der Waals surface area (Å²) in [5, 5.41) is 3.65. The van der Waals surface area contributed by atoms with Crippen LogP contribution in [0.1, 0.15) is 23.6 Å². The molecule has 0 aromatic heterocycles. The highest BCUT2D eigenvalue weighted by molar-refractivity contribution is 5.50. The second-order valence-electron chi connectivity index (χ2n) is 5.50. The van der Waals surface area contributed by atoms with Crippen LogP contribution in [-0.4, -0.2) is 33.0 Å². The molecule has 1 aromatic rings. The minimum absolute atomic E-state index is 0.405. The molecule has 4 heteroatoms. The first-order valence-corrected chi connectivity index (χ1v) is 7.15. The Balaban J connectivity index is 1.72. The van der Waals surface area contributed by atoms with E-state index < -0.39 is 0 Å². The predicted octanol–water partition coefficient (Wildman–Crippen LogP) is 1.68. The number of hydrogen-bond acceptors (Lipinski definition) is 4. The van der Waals surface area contributed by atoms with Gasteiger partial charge in [0.25, 0.3) is 0 Å². The third-order valence-electron chi connectivity index (χ3n) is 4.33. The molecule has 4 rings (SSSR count). The molecule has 1 fully saturated rings. The van der Waals surface area contributed by atoms with Crippen LogP contribution in [0.3, 0.4) is 0 Å². The molecule has 0 radical (unpaired) electrons. The van der Waals surface area contributed by atoms with E-state index in [2.05, 4.69) is 17.4 Å². The van der Waals surface area contributed by atoms with Crippen molar-refractivity contribution in [2.45, 2.75) is 18.9 Å². The summed E-state index contributed by atoms with van der Waals surface area (Å²) >= 11 is 0. The van der Waals surface area contributed by atoms with Crippen LogP contribution >= 0.6 is 0 Å². The van der Waals surface area contributed by atoms with Crippen LogP contribution < -0.4 is 14.8 Å². The molecular formula is C15H19NO3. The van der Waals surface area contributed by atoms with E-state index in [-0.39, 0.29) is 0 Å². The Morgan fingerprint density at radius 2 is 1.89 bits per heavy atom. The first-order chi connectivity index (χ1) is 9.42. The van der Waals surface area contributed by atoms with Gasteiger partial charge in [-0.05, 0) is 42.6 Å². The third-order valence-corrected chi connectivity index (χ3v) is 4.33. The molecule has 102 valence electrons. The molecule has 1 N–H and O–H groups in total. The van der Waals surface area contributed by atoms with Crippen molar-refractivity contribution < 1.29 is 14.2 Å². The van der Waals surface area contributed by atoms with Gasteiger partial charge >= 0.3 is 0 Å². The van der Waals surface area contributed by atoms with E-state index in [4.69, 9.17) is 14.2 Å². The van der Waals surface area contributed by atoms with Crippen molar-refractivity contribution >= 4 is 0 Å². The summed E-state index contributed by atoms with van der Waals surface area (Å²) < 4.78 is 16.9. The maximum Gasteiger partial charge on any atom is 0.161 e. The number of hydrogen-bond donors (Lipinski definition) is 1. The van der Waals surface area contributed by atoms with E-state index in [0.29, 0.717) is 25.2 Å². The van der Waals surface area contributed by atoms with Gasteiger partial charge in [0, 0.05) is 18.6 Å². The fraction of sp³-hybridized carbons (Fsp3) is 0.600. The summed E-state index contributed by atoms with van der Waals surface area (Å²) in [6.07, 6.45) is 2.21. The van der Waals surface area contributed by atoms with Crippen LogP contribution in [-0.2, 0) is 11.2 Å². The van der Waals surface area contributed by atoms with Gasteiger partial charge in [0.15, 0.2) is 11.5 Å². The Hall–Kier alpha value is -1.26. The van der Waals surface area contributed by atoms with Gasteiger partial charge in [0.05, 0.1) is 6.61 Å². The van der Waals surface area contributed by atoms with Gasteiger partial charge in [-0.1, -0.05) is 0 Å². The number of nitrogens with one attached hydrogen (secondary N) is 1. The van der Waals surface area contributed by atoms with Gasteiger partial charge in [-0.2, -0.15) is 0 Å². The summed E-state index contributed by atoms with van der Waals surface area (Å²) in [7, 11) is 0. The quantitative estimate of drug-likeness (QED) is 0.835. The van der Waals surface area contributed by atoms with Crippen molar-refractivity contribution in [3.63, 3.8) is 0 Å². The fourth-order valence-corrected chi connectivity index (χ4v) is 3.36. The van der Waals surface area contributed by atoms with Gasteiger partial charge in [-0.15, -0.1) is 0 Å². The molecule has 1 saturated heterocycles. The average Bonchev–Trinajstić information content (AvgIpc) is 2.98. The number of rotatable bonds is 1. The molecule has 2 atom stereocenters. The highest BCUT2D eigenvalue weighted by Crippen LogP contribution is 2.40. The molecule has 0 aliphatic carbocycles. The number of fused-ring (bicyclic) bond motifs is 2. The summed E-state index contributed by atoms with van der Waals surface area (Å²) in [5.41, 5.74) is 2.78. The predicted molar refractivity (Wildman–Crippen MR) is 70.8 cm³/mol. The lowest BCUT2D eigenvalue weighted by Crippen LogP contribution is -2.35. The largest absolute Gasteiger partial charge is 0.486 e. The molecule has 1 aromatic carbocycles. The van der Waals surface area contributed by atoms with Crippen molar-refractivity contribution in [3.05, 3.63) is 23.3 Å². The van der Waals surface area contributed by atoms with Crippen molar-refractivity contribution in [1.29, 1.82) is 0 Å². The van der Waals surface area contributed by atoms with Crippen LogP contribution in [0.2, 0.25) is 0 Å². The Kier molecular flexibility index (Phi) is 2.85. The lowest BCUT2D eigenvalue weighted by atomic mass is 9.85. The summed E-state index contributed by atoms with van der Waals surface area (Å²) in [5.74, 6) is 2.40. The van der Waals surface area contributed by atoms with Crippen LogP contribution in [0.5, 0.6) is 11.5 Å². The van der Waals surface area contributed by atoms with E-state index in [0.717, 1.165) is 44.1 Å². The molecule has 3 aliphatic rings. The van der Waals surface area contributed by atoms with E-state index in [1.165, 1.54) is 11.1 Å². The molecule has 3 aliphatic heterocycles. The minimum Gasteiger partial charge on any atom is -0.486 e. The Labute approximate surface area is 113 Å². The Morgan fingerprint density at radius 1 is 1.05 bits per heavy atom. The highest BCUT2D eigenvalue weighted by atomic mass is 16.6. The Morgan fingerprint density at radius 3 is 2.68 bits per heavy atom. The van der Waals surface area contributed by atoms with Crippen LogP contribution in [0.25, 0.3) is 0 Å². The second-order valence-corrected chi connectivity index (χ2v) is 5.50. The van der Waals surface area contributed by atoms with E-state index >= 15 is 0 Å². The van der Waals surface area contributed by atoms with Crippen molar-refractivity contribution in [1.82, 2.24) is 5.32 Å². The molecule has 2 unspecified atom stereocenters. The lowest BCUT2D eigenvalue weighted by Gasteiger charge is -2.32. The SMILES string of the molecule is c1c2c(cc3c1OCCO3)C(C1CCOC1)NCC2. The molecule has 0 spiro atoms. The first kappa shape index (κ1) is 11.6. The fourth-order valence-electron chi connectivity index (χ4n) is 3.36. The lowest BCUT2D eigenvalue weighted by molar-refractivity contribution is 0.168. The van der Waals surface area contributed by atoms with Gasteiger partial charge in [0.1, 0.15) is 13.2 Å². The monoisotopic (exact) mass is 261 g/mol. The maximum atomic E-state index is 5.72. The van der Waals surface area contributed by atoms with E-state index in [1.54, 1.807) is 0 Å².